The summed E-state index contributed by atoms with van der Waals surface area (Å²) in [6.45, 7) is 4.02. The molecule has 2 N–H and O–H groups in total. The highest BCUT2D eigenvalue weighted by Gasteiger charge is 2.20. The van der Waals surface area contributed by atoms with E-state index in [1.165, 1.54) is 13.2 Å². The maximum atomic E-state index is 13.2. The first-order valence-electron chi connectivity index (χ1n) is 6.75. The first-order chi connectivity index (χ1) is 10.3. The van der Waals surface area contributed by atoms with Gasteiger partial charge in [-0.15, -0.1) is 12.4 Å². The summed E-state index contributed by atoms with van der Waals surface area (Å²) in [5.74, 6) is -1.58. The smallest absolute Gasteiger partial charge is 0.341 e. The lowest BCUT2D eigenvalue weighted by atomic mass is 10.1. The summed E-state index contributed by atoms with van der Waals surface area (Å²) in [4.78, 5) is 23.4. The van der Waals surface area contributed by atoms with E-state index >= 15 is 0 Å². The molecule has 1 aromatic rings. The average molecular weight is 349 g/mol. The molecule has 1 rings (SSSR count). The van der Waals surface area contributed by atoms with Crippen molar-refractivity contribution in [2.75, 3.05) is 27.3 Å². The Morgan fingerprint density at radius 3 is 2.52 bits per heavy atom. The van der Waals surface area contributed by atoms with Gasteiger partial charge in [-0.1, -0.05) is 0 Å². The van der Waals surface area contributed by atoms with Gasteiger partial charge in [-0.3, -0.25) is 4.79 Å². The Balaban J connectivity index is 0.00000484. The minimum atomic E-state index is -0.731. The Kier molecular flexibility index (Phi) is 8.56. The fourth-order valence-electron chi connectivity index (χ4n) is 1.94. The number of likely N-dealkylation sites (N-methyl/N-ethyl adjacent to an activating group) is 1. The molecule has 0 saturated carbocycles. The largest absolute Gasteiger partial charge is 0.483 e. The van der Waals surface area contributed by atoms with Crippen LogP contribution in [0, 0.1) is 5.82 Å². The average Bonchev–Trinajstić information content (AvgIpc) is 2.44. The van der Waals surface area contributed by atoms with Gasteiger partial charge < -0.3 is 20.1 Å². The lowest BCUT2D eigenvalue weighted by Crippen LogP contribution is -2.51. The van der Waals surface area contributed by atoms with E-state index in [9.17, 15) is 14.0 Å². The van der Waals surface area contributed by atoms with Crippen molar-refractivity contribution in [2.24, 2.45) is 0 Å². The van der Waals surface area contributed by atoms with Crippen LogP contribution in [0.1, 0.15) is 24.2 Å². The Hall–Kier alpha value is -1.86. The molecule has 0 aromatic heterocycles. The van der Waals surface area contributed by atoms with Crippen molar-refractivity contribution in [3.05, 3.63) is 29.6 Å². The Morgan fingerprint density at radius 1 is 1.30 bits per heavy atom. The van der Waals surface area contributed by atoms with Gasteiger partial charge in [-0.25, -0.2) is 9.18 Å². The Morgan fingerprint density at radius 2 is 1.96 bits per heavy atom. The second-order valence-corrected chi connectivity index (χ2v) is 5.38. The summed E-state index contributed by atoms with van der Waals surface area (Å²) in [7, 11) is 2.97. The number of hydrogen-bond acceptors (Lipinski definition) is 5. The summed E-state index contributed by atoms with van der Waals surface area (Å²) in [5, 5.41) is 5.75. The number of carbonyl (C=O) groups is 2. The number of rotatable bonds is 7. The van der Waals surface area contributed by atoms with Gasteiger partial charge in [-0.2, -0.15) is 0 Å². The highest BCUT2D eigenvalue weighted by Crippen LogP contribution is 2.20. The first-order valence-corrected chi connectivity index (χ1v) is 6.75. The van der Waals surface area contributed by atoms with Crippen LogP contribution in [0.25, 0.3) is 0 Å². The molecule has 8 heteroatoms. The van der Waals surface area contributed by atoms with Crippen LogP contribution in [-0.2, 0) is 9.53 Å². The number of halogens is 2. The molecule has 0 fully saturated rings. The zero-order valence-corrected chi connectivity index (χ0v) is 14.4. The summed E-state index contributed by atoms with van der Waals surface area (Å²) < 4.78 is 23.1. The molecular weight excluding hydrogens is 327 g/mol. The van der Waals surface area contributed by atoms with Gasteiger partial charge in [0.2, 0.25) is 0 Å². The van der Waals surface area contributed by atoms with Gasteiger partial charge >= 0.3 is 5.97 Å². The van der Waals surface area contributed by atoms with Gasteiger partial charge in [0, 0.05) is 12.1 Å². The normalized spacial score (nSPS) is 10.5. The number of hydrogen-bond donors (Lipinski definition) is 2. The zero-order chi connectivity index (χ0) is 16.8. The molecule has 23 heavy (non-hydrogen) atoms. The second kappa shape index (κ2) is 9.32. The monoisotopic (exact) mass is 348 g/mol. The third-order valence-electron chi connectivity index (χ3n) is 2.80. The number of esters is 1. The number of methoxy groups -OCH3 is 1. The minimum Gasteiger partial charge on any atom is -0.483 e. The number of nitrogens with one attached hydrogen (secondary N) is 2. The van der Waals surface area contributed by atoms with E-state index in [1.54, 1.807) is 7.05 Å². The molecule has 6 nitrogen and oxygen atoms in total. The summed E-state index contributed by atoms with van der Waals surface area (Å²) in [6, 6.07) is 3.43. The van der Waals surface area contributed by atoms with Crippen molar-refractivity contribution < 1.29 is 23.5 Å². The van der Waals surface area contributed by atoms with Crippen LogP contribution < -0.4 is 15.4 Å². The molecule has 0 aliphatic rings. The van der Waals surface area contributed by atoms with Crippen molar-refractivity contribution in [3.63, 3.8) is 0 Å². The molecule has 0 saturated heterocycles. The topological polar surface area (TPSA) is 76.7 Å². The van der Waals surface area contributed by atoms with E-state index in [1.807, 2.05) is 13.8 Å². The molecule has 0 heterocycles. The molecule has 0 unspecified atom stereocenters. The zero-order valence-electron chi connectivity index (χ0n) is 13.6. The molecule has 0 radical (unpaired) electrons. The molecule has 0 atom stereocenters. The number of carbonyl (C=O) groups excluding carboxylic acids is 2. The van der Waals surface area contributed by atoms with Crippen molar-refractivity contribution in [1.29, 1.82) is 0 Å². The maximum absolute atomic E-state index is 13.2. The van der Waals surface area contributed by atoms with Crippen LogP contribution in [0.3, 0.4) is 0 Å². The van der Waals surface area contributed by atoms with E-state index in [-0.39, 0.29) is 36.2 Å². The van der Waals surface area contributed by atoms with Crippen molar-refractivity contribution >= 4 is 24.3 Å². The van der Waals surface area contributed by atoms with E-state index in [0.717, 1.165) is 12.1 Å². The number of benzene rings is 1. The third-order valence-corrected chi connectivity index (χ3v) is 2.80. The van der Waals surface area contributed by atoms with Crippen LogP contribution in [-0.4, -0.2) is 44.7 Å². The van der Waals surface area contributed by atoms with Gasteiger partial charge in [0.25, 0.3) is 5.91 Å². The van der Waals surface area contributed by atoms with E-state index < -0.39 is 17.3 Å². The second-order valence-electron chi connectivity index (χ2n) is 5.38. The van der Waals surface area contributed by atoms with Crippen LogP contribution in [0.15, 0.2) is 18.2 Å². The Labute approximate surface area is 141 Å². The lowest BCUT2D eigenvalue weighted by molar-refractivity contribution is -0.124. The van der Waals surface area contributed by atoms with Gasteiger partial charge in [0.1, 0.15) is 17.1 Å². The fraction of sp³-hybridized carbons (Fsp3) is 0.467. The molecule has 0 bridgehead atoms. The molecule has 0 spiro atoms. The number of ether oxygens (including phenoxy) is 2. The van der Waals surface area contributed by atoms with Gasteiger partial charge in [0.05, 0.1) is 7.11 Å². The molecule has 0 aliphatic heterocycles. The molecule has 0 aliphatic carbocycles. The highest BCUT2D eigenvalue weighted by molar-refractivity contribution is 5.92. The standard InChI is InChI=1S/C15H21FN2O4.ClH/c1-15(2,9-17-3)18-13(19)8-22-12-6-5-10(16)7-11(12)14(20)21-4;/h5-7,17H,8-9H2,1-4H3,(H,18,19);1H. The van der Waals surface area contributed by atoms with Crippen LogP contribution in [0.5, 0.6) is 5.75 Å². The van der Waals surface area contributed by atoms with Crippen LogP contribution in [0.4, 0.5) is 4.39 Å². The molecule has 130 valence electrons. The van der Waals surface area contributed by atoms with Crippen LogP contribution in [0.2, 0.25) is 0 Å². The van der Waals surface area contributed by atoms with Crippen molar-refractivity contribution in [3.8, 4) is 5.75 Å². The molecule has 1 aromatic carbocycles. The van der Waals surface area contributed by atoms with Crippen molar-refractivity contribution in [2.45, 2.75) is 19.4 Å². The van der Waals surface area contributed by atoms with E-state index in [2.05, 4.69) is 15.4 Å². The molecular formula is C15H22ClFN2O4. The maximum Gasteiger partial charge on any atom is 0.341 e. The fourth-order valence-corrected chi connectivity index (χ4v) is 1.94. The first kappa shape index (κ1) is 21.1. The predicted octanol–water partition coefficient (Wildman–Crippen LogP) is 1.53. The molecule has 1 amide bonds. The third kappa shape index (κ3) is 6.83. The Bertz CT molecular complexity index is 552. The van der Waals surface area contributed by atoms with E-state index in [0.29, 0.717) is 6.54 Å². The van der Waals surface area contributed by atoms with Gasteiger partial charge in [0.15, 0.2) is 6.61 Å². The quantitative estimate of drug-likeness (QED) is 0.731. The summed E-state index contributed by atoms with van der Waals surface area (Å²) >= 11 is 0. The van der Waals surface area contributed by atoms with Crippen LogP contribution >= 0.6 is 12.4 Å². The lowest BCUT2D eigenvalue weighted by Gasteiger charge is -2.25. The SMILES string of the molecule is CNCC(C)(C)NC(=O)COc1ccc(F)cc1C(=O)OC.Cl. The highest BCUT2D eigenvalue weighted by atomic mass is 35.5. The number of amides is 1. The van der Waals surface area contributed by atoms with Gasteiger partial charge in [-0.05, 0) is 39.1 Å². The summed E-state index contributed by atoms with van der Waals surface area (Å²) in [6.07, 6.45) is 0. The summed E-state index contributed by atoms with van der Waals surface area (Å²) in [5.41, 5.74) is -0.506. The minimum absolute atomic E-state index is 0. The predicted molar refractivity (Wildman–Crippen MR) is 86.6 cm³/mol. The van der Waals surface area contributed by atoms with E-state index in [4.69, 9.17) is 4.74 Å². The van der Waals surface area contributed by atoms with Crippen molar-refractivity contribution in [1.82, 2.24) is 10.6 Å².